The fourth-order valence-corrected chi connectivity index (χ4v) is 0. The summed E-state index contributed by atoms with van der Waals surface area (Å²) in [7, 11) is -1.85. The maximum Gasteiger partial charge on any atom is 0.505 e. The molecule has 0 bridgehead atoms. The first kappa shape index (κ1) is 9.84. The van der Waals surface area contributed by atoms with Crippen LogP contribution in [0.2, 0.25) is 0 Å². The maximum absolute atomic E-state index is 9.52. The molecule has 0 spiro atoms. The molecule has 0 aliphatic carbocycles. The van der Waals surface area contributed by atoms with E-state index >= 15 is 0 Å². The van der Waals surface area contributed by atoms with Crippen molar-refractivity contribution < 1.29 is 28.9 Å². The average Bonchev–Trinajstić information content (AvgIpc) is 1.38. The van der Waals surface area contributed by atoms with Gasteiger partial charge in [-0.1, -0.05) is 0 Å². The van der Waals surface area contributed by atoms with Crippen LogP contribution >= 0.6 is 8.03 Å². The third-order valence-electron chi connectivity index (χ3n) is 0.271. The van der Waals surface area contributed by atoms with Gasteiger partial charge in [-0.3, -0.25) is 0 Å². The van der Waals surface area contributed by atoms with Crippen LogP contribution in [0, 0.1) is 0 Å². The van der Waals surface area contributed by atoms with Gasteiger partial charge in [0, 0.05) is 19.5 Å². The molecule has 1 N–H and O–H groups in total. The fraction of sp³-hybridized carbons (Fsp3) is 1.00. The Labute approximate surface area is 50.6 Å². The molecule has 0 radical (unpaired) electrons. The van der Waals surface area contributed by atoms with Gasteiger partial charge in [0.05, 0.1) is 0 Å². The summed E-state index contributed by atoms with van der Waals surface area (Å²) in [4.78, 5) is 7.87. The van der Waals surface area contributed by atoms with E-state index in [1.165, 1.54) is 0 Å². The molecule has 1 unspecified atom stereocenters. The largest absolute Gasteiger partial charge is 0.505 e. The van der Waals surface area contributed by atoms with E-state index in [1.54, 1.807) is 6.92 Å². The normalized spacial score (nSPS) is 9.33. The van der Waals surface area contributed by atoms with Gasteiger partial charge >= 0.3 is 8.03 Å². The van der Waals surface area contributed by atoms with Gasteiger partial charge in [0.1, 0.15) is 0 Å². The molecule has 0 saturated carbocycles. The number of hydrogen-bond donors (Lipinski definition) is 1. The molecule has 0 aliphatic heterocycles. The van der Waals surface area contributed by atoms with Gasteiger partial charge in [0.2, 0.25) is 0 Å². The van der Waals surface area contributed by atoms with Gasteiger partial charge in [-0.05, 0) is 11.5 Å². The summed E-state index contributed by atoms with van der Waals surface area (Å²) in [5.41, 5.74) is 0. The van der Waals surface area contributed by atoms with E-state index in [4.69, 9.17) is 4.89 Å². The molecule has 6 heavy (non-hydrogen) atoms. The average molecular weight is 158 g/mol. The monoisotopic (exact) mass is 157 g/mol. The smallest absolute Gasteiger partial charge is 0.161 e. The van der Waals surface area contributed by atoms with Crippen molar-refractivity contribution >= 4 is 8.03 Å². The van der Waals surface area contributed by atoms with Crippen LogP contribution in [0.3, 0.4) is 0 Å². The third kappa shape index (κ3) is 8.82. The summed E-state index contributed by atoms with van der Waals surface area (Å²) in [5, 5.41) is 0. The van der Waals surface area contributed by atoms with Crippen molar-refractivity contribution in [2.75, 3.05) is 6.16 Å². The Balaban J connectivity index is 0. The minimum absolute atomic E-state index is 0. The van der Waals surface area contributed by atoms with Gasteiger partial charge < -0.3 is 0 Å². The van der Waals surface area contributed by atoms with Crippen molar-refractivity contribution in [2.24, 2.45) is 0 Å². The number of hydrogen-bond acceptors (Lipinski definition) is 1. The molecule has 0 aliphatic rings. The Morgan fingerprint density at radius 3 is 2.00 bits per heavy atom. The Morgan fingerprint density at radius 1 is 1.83 bits per heavy atom. The van der Waals surface area contributed by atoms with E-state index in [0.29, 0.717) is 6.16 Å². The second-order valence-corrected chi connectivity index (χ2v) is 2.01. The minimum atomic E-state index is -1.85. The molecule has 0 heterocycles. The molecule has 0 amide bonds. The van der Waals surface area contributed by atoms with Crippen LogP contribution in [0.4, 0.5) is 0 Å². The van der Waals surface area contributed by atoms with Crippen LogP contribution in [0.1, 0.15) is 6.92 Å². The van der Waals surface area contributed by atoms with Crippen LogP contribution in [0.25, 0.3) is 0 Å². The number of rotatable bonds is 1. The van der Waals surface area contributed by atoms with Gasteiger partial charge in [0.25, 0.3) is 0 Å². The van der Waals surface area contributed by atoms with Crippen molar-refractivity contribution in [2.45, 2.75) is 6.92 Å². The Hall–Kier alpha value is 0.683. The fourth-order valence-electron chi connectivity index (χ4n) is 0. The van der Waals surface area contributed by atoms with Crippen molar-refractivity contribution in [3.05, 3.63) is 0 Å². The molecule has 0 saturated heterocycles. The molecule has 32 valence electrons. The van der Waals surface area contributed by atoms with Gasteiger partial charge in [0.15, 0.2) is 6.16 Å². The topological polar surface area (TPSA) is 37.3 Å². The van der Waals surface area contributed by atoms with Crippen LogP contribution in [-0.2, 0) is 24.0 Å². The van der Waals surface area contributed by atoms with Crippen LogP contribution in [0.5, 0.6) is 0 Å². The predicted molar refractivity (Wildman–Crippen MR) is 20.4 cm³/mol. The summed E-state index contributed by atoms with van der Waals surface area (Å²) in [6.07, 6.45) is 0.370. The van der Waals surface area contributed by atoms with Crippen molar-refractivity contribution in [1.29, 1.82) is 0 Å². The predicted octanol–water partition coefficient (Wildman–Crippen LogP) is 0.738. The zero-order valence-electron chi connectivity index (χ0n) is 3.72. The summed E-state index contributed by atoms with van der Waals surface area (Å²) >= 11 is 0. The Bertz CT molecular complexity index is 46.8. The molecular formula is C2H6O2PZn+. The van der Waals surface area contributed by atoms with Crippen molar-refractivity contribution in [3.8, 4) is 0 Å². The molecule has 0 aromatic heterocycles. The van der Waals surface area contributed by atoms with Crippen LogP contribution in [-0.4, -0.2) is 11.1 Å². The van der Waals surface area contributed by atoms with E-state index in [-0.39, 0.29) is 19.5 Å². The summed E-state index contributed by atoms with van der Waals surface area (Å²) in [6.45, 7) is 1.67. The molecule has 0 fully saturated rings. The van der Waals surface area contributed by atoms with Crippen LogP contribution in [0.15, 0.2) is 0 Å². The first-order valence-corrected chi connectivity index (χ1v) is 2.80. The molecule has 0 aromatic carbocycles. The molecule has 2 nitrogen and oxygen atoms in total. The SMILES string of the molecule is CC[P+](=O)O.[Zn]. The van der Waals surface area contributed by atoms with Gasteiger partial charge in [-0.25, -0.2) is 0 Å². The van der Waals surface area contributed by atoms with Crippen molar-refractivity contribution in [1.82, 2.24) is 0 Å². The Kier molecular flexibility index (Phi) is 9.32. The quantitative estimate of drug-likeness (QED) is 0.451. The van der Waals surface area contributed by atoms with E-state index in [2.05, 4.69) is 0 Å². The molecule has 1 atom stereocenters. The van der Waals surface area contributed by atoms with E-state index in [0.717, 1.165) is 0 Å². The zero-order valence-corrected chi connectivity index (χ0v) is 7.58. The molecular weight excluding hydrogens is 152 g/mol. The first-order chi connectivity index (χ1) is 2.27. The van der Waals surface area contributed by atoms with Crippen molar-refractivity contribution in [3.63, 3.8) is 0 Å². The Morgan fingerprint density at radius 2 is 2.00 bits per heavy atom. The van der Waals surface area contributed by atoms with E-state index in [1.807, 2.05) is 0 Å². The van der Waals surface area contributed by atoms with Crippen LogP contribution < -0.4 is 0 Å². The first-order valence-electron chi connectivity index (χ1n) is 1.41. The summed E-state index contributed by atoms with van der Waals surface area (Å²) in [6, 6.07) is 0. The standard InChI is InChI=1S/C2H5O2P.Zn/c1-2-5(3)4;/h2H2,1H3;/p+1. The molecule has 0 aromatic rings. The third-order valence-corrected chi connectivity index (χ3v) is 0.812. The second-order valence-electron chi connectivity index (χ2n) is 0.668. The molecule has 0 rings (SSSR count). The summed E-state index contributed by atoms with van der Waals surface area (Å²) in [5.74, 6) is 0. The zero-order chi connectivity index (χ0) is 4.28. The van der Waals surface area contributed by atoms with Gasteiger partial charge in [-0.2, -0.15) is 4.89 Å². The van der Waals surface area contributed by atoms with Gasteiger partial charge in [-0.15, -0.1) is 0 Å². The van der Waals surface area contributed by atoms with E-state index in [9.17, 15) is 4.57 Å². The maximum atomic E-state index is 9.52. The molecule has 4 heteroatoms. The second kappa shape index (κ2) is 5.68. The summed E-state index contributed by atoms with van der Waals surface area (Å²) < 4.78 is 9.52. The minimum Gasteiger partial charge on any atom is -0.161 e. The van der Waals surface area contributed by atoms with E-state index < -0.39 is 8.03 Å².